The van der Waals surface area contributed by atoms with Gasteiger partial charge in [0.05, 0.1) is 17.0 Å². The molecule has 1 heterocycles. The van der Waals surface area contributed by atoms with E-state index in [0.717, 1.165) is 0 Å². The Balaban J connectivity index is 1.48. The first-order valence-electron chi connectivity index (χ1n) is 8.93. The Bertz CT molecular complexity index is 1110. The van der Waals surface area contributed by atoms with Crippen molar-refractivity contribution >= 4 is 51.7 Å². The van der Waals surface area contributed by atoms with Crippen LogP contribution >= 0.6 is 27.5 Å². The minimum Gasteiger partial charge on any atom is -0.483 e. The molecule has 0 aliphatic carbocycles. The second-order valence-electron chi connectivity index (χ2n) is 6.00. The highest BCUT2D eigenvalue weighted by atomic mass is 79.9. The Labute approximate surface area is 191 Å². The average molecular weight is 504 g/mol. The lowest BCUT2D eigenvalue weighted by Crippen LogP contribution is -2.24. The van der Waals surface area contributed by atoms with E-state index in [1.54, 1.807) is 54.6 Å². The second kappa shape index (κ2) is 11.1. The summed E-state index contributed by atoms with van der Waals surface area (Å²) >= 11 is 9.17. The number of hydrogen-bond acceptors (Lipinski definition) is 6. The van der Waals surface area contributed by atoms with Crippen molar-refractivity contribution in [3.05, 3.63) is 87.8 Å². The van der Waals surface area contributed by atoms with Crippen LogP contribution in [0.25, 0.3) is 6.08 Å². The summed E-state index contributed by atoms with van der Waals surface area (Å²) < 4.78 is 16.4. The molecule has 0 saturated heterocycles. The first-order chi connectivity index (χ1) is 15.0. The summed E-state index contributed by atoms with van der Waals surface area (Å²) in [4.78, 5) is 23.8. The number of amides is 1. The molecule has 9 heteroatoms. The number of furan rings is 1. The van der Waals surface area contributed by atoms with Gasteiger partial charge < -0.3 is 13.9 Å². The summed E-state index contributed by atoms with van der Waals surface area (Å²) in [5.74, 6) is 0.369. The number of esters is 1. The molecule has 7 nitrogen and oxygen atoms in total. The van der Waals surface area contributed by atoms with Crippen LogP contribution in [-0.4, -0.2) is 24.7 Å². The van der Waals surface area contributed by atoms with Crippen LogP contribution in [0, 0.1) is 0 Å². The van der Waals surface area contributed by atoms with E-state index >= 15 is 0 Å². The topological polar surface area (TPSA) is 90.1 Å². The molecule has 0 bridgehead atoms. The number of benzene rings is 2. The smallest absolute Gasteiger partial charge is 0.336 e. The van der Waals surface area contributed by atoms with E-state index in [0.29, 0.717) is 32.3 Å². The van der Waals surface area contributed by atoms with Crippen molar-refractivity contribution in [2.24, 2.45) is 5.10 Å². The van der Waals surface area contributed by atoms with Crippen molar-refractivity contribution in [3.8, 4) is 11.5 Å². The number of carbonyl (C=O) groups excluding carboxylic acids is 2. The zero-order chi connectivity index (χ0) is 22.1. The van der Waals surface area contributed by atoms with Crippen LogP contribution in [0.2, 0.25) is 5.02 Å². The van der Waals surface area contributed by atoms with Crippen LogP contribution in [0.4, 0.5) is 0 Å². The van der Waals surface area contributed by atoms with Crippen LogP contribution < -0.4 is 14.9 Å². The van der Waals surface area contributed by atoms with Crippen molar-refractivity contribution in [3.63, 3.8) is 0 Å². The Morgan fingerprint density at radius 3 is 2.81 bits per heavy atom. The van der Waals surface area contributed by atoms with Gasteiger partial charge >= 0.3 is 5.97 Å². The van der Waals surface area contributed by atoms with Crippen LogP contribution in [0.3, 0.4) is 0 Å². The lowest BCUT2D eigenvalue weighted by molar-refractivity contribution is -0.129. The molecule has 0 atom stereocenters. The quantitative estimate of drug-likeness (QED) is 0.156. The highest BCUT2D eigenvalue weighted by Crippen LogP contribution is 2.27. The fraction of sp³-hybridized carbons (Fsp3) is 0.0455. The third-order valence-corrected chi connectivity index (χ3v) is 4.51. The molecule has 0 radical (unpaired) electrons. The third kappa shape index (κ3) is 7.44. The molecule has 0 unspecified atom stereocenters. The third-order valence-electron chi connectivity index (χ3n) is 3.66. The van der Waals surface area contributed by atoms with Gasteiger partial charge in [0.2, 0.25) is 0 Å². The van der Waals surface area contributed by atoms with Crippen LogP contribution in [0.15, 0.2) is 80.9 Å². The Hall–Kier alpha value is -3.36. The molecule has 2 aromatic carbocycles. The van der Waals surface area contributed by atoms with Gasteiger partial charge in [-0.15, -0.1) is 0 Å². The number of rotatable bonds is 8. The van der Waals surface area contributed by atoms with Crippen molar-refractivity contribution < 1.29 is 23.5 Å². The lowest BCUT2D eigenvalue weighted by atomic mass is 10.2. The van der Waals surface area contributed by atoms with Gasteiger partial charge in [-0.25, -0.2) is 10.2 Å². The number of nitrogens with one attached hydrogen (secondary N) is 1. The SMILES string of the molecule is O=C(COc1ccc(Cl)cc1Br)N/N=C\c1cccc(OC(=O)/C=C/c2ccco2)c1. The molecule has 3 aromatic rings. The summed E-state index contributed by atoms with van der Waals surface area (Å²) in [7, 11) is 0. The fourth-order valence-electron chi connectivity index (χ4n) is 2.29. The zero-order valence-corrected chi connectivity index (χ0v) is 18.3. The van der Waals surface area contributed by atoms with Crippen molar-refractivity contribution in [1.82, 2.24) is 5.43 Å². The molecule has 3 rings (SSSR count). The fourth-order valence-corrected chi connectivity index (χ4v) is 3.09. The zero-order valence-electron chi connectivity index (χ0n) is 16.0. The summed E-state index contributed by atoms with van der Waals surface area (Å²) in [6.45, 7) is -0.225. The van der Waals surface area contributed by atoms with Crippen molar-refractivity contribution in [2.45, 2.75) is 0 Å². The molecule has 158 valence electrons. The second-order valence-corrected chi connectivity index (χ2v) is 7.29. The van der Waals surface area contributed by atoms with Crippen molar-refractivity contribution in [2.75, 3.05) is 6.61 Å². The summed E-state index contributed by atoms with van der Waals surface area (Å²) in [6, 6.07) is 15.1. The number of halogens is 2. The maximum atomic E-state index is 11.9. The monoisotopic (exact) mass is 502 g/mol. The molecule has 31 heavy (non-hydrogen) atoms. The van der Waals surface area contributed by atoms with Gasteiger partial charge in [0.1, 0.15) is 17.3 Å². The number of hydrazone groups is 1. The molecular weight excluding hydrogens is 488 g/mol. The Kier molecular flexibility index (Phi) is 8.03. The van der Waals surface area contributed by atoms with Gasteiger partial charge in [-0.05, 0) is 70.0 Å². The number of nitrogens with zero attached hydrogens (tertiary/aromatic N) is 1. The van der Waals surface area contributed by atoms with E-state index in [4.69, 9.17) is 25.5 Å². The number of carbonyl (C=O) groups is 2. The summed E-state index contributed by atoms with van der Waals surface area (Å²) in [5, 5.41) is 4.43. The average Bonchev–Trinajstić information content (AvgIpc) is 3.26. The van der Waals surface area contributed by atoms with Gasteiger partial charge in [-0.2, -0.15) is 5.10 Å². The molecular formula is C22H16BrClN2O5. The van der Waals surface area contributed by atoms with E-state index in [-0.39, 0.29) is 6.61 Å². The summed E-state index contributed by atoms with van der Waals surface area (Å²) in [5.41, 5.74) is 2.99. The first-order valence-corrected chi connectivity index (χ1v) is 10.1. The van der Waals surface area contributed by atoms with E-state index in [9.17, 15) is 9.59 Å². The largest absolute Gasteiger partial charge is 0.483 e. The molecule has 0 fully saturated rings. The van der Waals surface area contributed by atoms with Crippen LogP contribution in [0.5, 0.6) is 11.5 Å². The maximum absolute atomic E-state index is 11.9. The van der Waals surface area contributed by atoms with E-state index < -0.39 is 11.9 Å². The first kappa shape index (κ1) is 22.3. The predicted octanol–water partition coefficient (Wildman–Crippen LogP) is 4.84. The normalized spacial score (nSPS) is 11.0. The van der Waals surface area contributed by atoms with E-state index in [2.05, 4.69) is 26.5 Å². The van der Waals surface area contributed by atoms with Gasteiger partial charge in [0, 0.05) is 11.1 Å². The minimum absolute atomic E-state index is 0.225. The van der Waals surface area contributed by atoms with Gasteiger partial charge in [0.25, 0.3) is 5.91 Å². The number of ether oxygens (including phenoxy) is 2. The van der Waals surface area contributed by atoms with Crippen LogP contribution in [0.1, 0.15) is 11.3 Å². The predicted molar refractivity (Wildman–Crippen MR) is 120 cm³/mol. The molecule has 0 saturated carbocycles. The molecule has 1 N–H and O–H groups in total. The standard InChI is InChI=1S/C22H16BrClN2O5/c23-19-12-16(24)6-8-20(19)30-14-21(27)26-25-13-15-3-1-4-18(11-15)31-22(28)9-7-17-5-2-10-29-17/h1-13H,14H2,(H,26,27)/b9-7+,25-13-. The maximum Gasteiger partial charge on any atom is 0.336 e. The van der Waals surface area contributed by atoms with Gasteiger partial charge in [-0.1, -0.05) is 23.7 Å². The lowest BCUT2D eigenvalue weighted by Gasteiger charge is -2.07. The Morgan fingerprint density at radius 1 is 1.16 bits per heavy atom. The molecule has 0 spiro atoms. The van der Waals surface area contributed by atoms with E-state index in [1.807, 2.05) is 0 Å². The van der Waals surface area contributed by atoms with E-state index in [1.165, 1.54) is 24.6 Å². The Morgan fingerprint density at radius 2 is 2.03 bits per heavy atom. The highest BCUT2D eigenvalue weighted by Gasteiger charge is 2.06. The molecule has 0 aliphatic heterocycles. The van der Waals surface area contributed by atoms with Crippen LogP contribution in [-0.2, 0) is 9.59 Å². The molecule has 0 aliphatic rings. The van der Waals surface area contributed by atoms with Gasteiger partial charge in [0.15, 0.2) is 6.61 Å². The van der Waals surface area contributed by atoms with Crippen molar-refractivity contribution in [1.29, 1.82) is 0 Å². The number of hydrogen-bond donors (Lipinski definition) is 1. The minimum atomic E-state index is -0.552. The van der Waals surface area contributed by atoms with Gasteiger partial charge in [-0.3, -0.25) is 4.79 Å². The molecule has 1 amide bonds. The molecule has 1 aromatic heterocycles. The summed E-state index contributed by atoms with van der Waals surface area (Å²) in [6.07, 6.45) is 5.70. The highest BCUT2D eigenvalue weighted by molar-refractivity contribution is 9.10.